The highest BCUT2D eigenvalue weighted by atomic mass is 35.5. The summed E-state index contributed by atoms with van der Waals surface area (Å²) in [5.74, 6) is -3.84. The number of carboxylic acids is 1. The topological polar surface area (TPSA) is 66.8 Å². The fraction of sp³-hybridized carbons (Fsp3) is 0.269. The molecule has 3 atom stereocenters. The van der Waals surface area contributed by atoms with Crippen molar-refractivity contribution in [3.63, 3.8) is 0 Å². The van der Waals surface area contributed by atoms with Gasteiger partial charge in [0.1, 0.15) is 11.4 Å². The van der Waals surface area contributed by atoms with Crippen LogP contribution in [0.2, 0.25) is 5.02 Å². The van der Waals surface area contributed by atoms with Crippen molar-refractivity contribution >= 4 is 17.6 Å². The van der Waals surface area contributed by atoms with Crippen LogP contribution < -0.4 is 4.74 Å². The van der Waals surface area contributed by atoms with Crippen molar-refractivity contribution in [2.24, 2.45) is 5.92 Å². The number of benzene rings is 3. The predicted molar refractivity (Wildman–Crippen MR) is 121 cm³/mol. The molecule has 0 amide bonds. The van der Waals surface area contributed by atoms with E-state index >= 15 is 4.39 Å². The molecule has 1 aliphatic rings. The van der Waals surface area contributed by atoms with Crippen LogP contribution in [-0.4, -0.2) is 27.5 Å². The van der Waals surface area contributed by atoms with Gasteiger partial charge in [-0.3, -0.25) is 0 Å². The Morgan fingerprint density at radius 2 is 1.67 bits per heavy atom. The first-order chi connectivity index (χ1) is 15.6. The van der Waals surface area contributed by atoms with Gasteiger partial charge in [0.15, 0.2) is 11.6 Å². The first kappa shape index (κ1) is 23.2. The quantitative estimate of drug-likeness (QED) is 0.400. The first-order valence-corrected chi connectivity index (χ1v) is 10.9. The summed E-state index contributed by atoms with van der Waals surface area (Å²) in [7, 11) is 0. The summed E-state index contributed by atoms with van der Waals surface area (Å²) in [6.45, 7) is 0.876. The molecule has 4 nitrogen and oxygen atoms in total. The number of aliphatic hydroxyl groups is 1. The van der Waals surface area contributed by atoms with Crippen molar-refractivity contribution in [2.45, 2.75) is 37.0 Å². The fourth-order valence-electron chi connectivity index (χ4n) is 4.33. The molecule has 3 aromatic carbocycles. The van der Waals surface area contributed by atoms with E-state index in [1.165, 1.54) is 18.2 Å². The highest BCUT2D eigenvalue weighted by molar-refractivity contribution is 6.30. The second kappa shape index (κ2) is 8.76. The van der Waals surface area contributed by atoms with Crippen LogP contribution in [0.1, 0.15) is 36.8 Å². The van der Waals surface area contributed by atoms with E-state index in [2.05, 4.69) is 0 Å². The summed E-state index contributed by atoms with van der Waals surface area (Å²) < 4.78 is 36.1. The Labute approximate surface area is 195 Å². The van der Waals surface area contributed by atoms with Crippen molar-refractivity contribution < 1.29 is 28.5 Å². The van der Waals surface area contributed by atoms with E-state index in [1.807, 2.05) is 0 Å². The van der Waals surface area contributed by atoms with Gasteiger partial charge in [-0.25, -0.2) is 13.6 Å². The Morgan fingerprint density at radius 3 is 2.24 bits per heavy atom. The number of carboxylic acid groups (broad SMARTS) is 1. The molecule has 1 aliphatic carbocycles. The molecule has 33 heavy (non-hydrogen) atoms. The molecule has 0 radical (unpaired) electrons. The van der Waals surface area contributed by atoms with Gasteiger partial charge >= 0.3 is 5.97 Å². The van der Waals surface area contributed by atoms with Crippen LogP contribution in [0.4, 0.5) is 8.78 Å². The lowest BCUT2D eigenvalue weighted by Gasteiger charge is -2.43. The second-order valence-electron chi connectivity index (χ2n) is 8.50. The van der Waals surface area contributed by atoms with E-state index in [0.29, 0.717) is 34.7 Å². The van der Waals surface area contributed by atoms with Gasteiger partial charge in [0.25, 0.3) is 0 Å². The zero-order valence-corrected chi connectivity index (χ0v) is 18.6. The molecule has 0 spiro atoms. The largest absolute Gasteiger partial charge is 0.479 e. The minimum absolute atomic E-state index is 0.119. The summed E-state index contributed by atoms with van der Waals surface area (Å²) in [6.07, 6.45) is 0.948. The van der Waals surface area contributed by atoms with Gasteiger partial charge in [0.2, 0.25) is 5.67 Å². The van der Waals surface area contributed by atoms with Gasteiger partial charge in [0.05, 0.1) is 0 Å². The van der Waals surface area contributed by atoms with E-state index < -0.39 is 34.9 Å². The summed E-state index contributed by atoms with van der Waals surface area (Å²) in [4.78, 5) is 11.9. The third-order valence-corrected chi connectivity index (χ3v) is 6.51. The zero-order chi connectivity index (χ0) is 23.8. The van der Waals surface area contributed by atoms with E-state index in [1.54, 1.807) is 54.6 Å². The van der Waals surface area contributed by atoms with Crippen molar-refractivity contribution in [1.82, 2.24) is 0 Å². The number of hydrogen-bond acceptors (Lipinski definition) is 3. The molecule has 2 N–H and O–H groups in total. The summed E-state index contributed by atoms with van der Waals surface area (Å²) >= 11 is 6.03. The molecule has 4 rings (SSSR count). The molecule has 0 heterocycles. The number of ether oxygens (including phenoxy) is 1. The van der Waals surface area contributed by atoms with Crippen molar-refractivity contribution in [3.8, 4) is 11.5 Å². The van der Waals surface area contributed by atoms with Crippen LogP contribution in [0.3, 0.4) is 0 Å². The Morgan fingerprint density at radius 1 is 1.06 bits per heavy atom. The van der Waals surface area contributed by atoms with Gasteiger partial charge in [-0.05, 0) is 73.2 Å². The maximum absolute atomic E-state index is 15.8. The molecule has 0 saturated heterocycles. The molecular formula is C26H23ClF2O4. The van der Waals surface area contributed by atoms with E-state index in [4.69, 9.17) is 16.3 Å². The van der Waals surface area contributed by atoms with Gasteiger partial charge < -0.3 is 14.9 Å². The molecule has 3 aromatic rings. The van der Waals surface area contributed by atoms with Crippen LogP contribution in [0, 0.1) is 11.7 Å². The van der Waals surface area contributed by atoms with Crippen molar-refractivity contribution in [2.75, 3.05) is 0 Å². The summed E-state index contributed by atoms with van der Waals surface area (Å²) in [6, 6.07) is 18.9. The Bertz CT molecular complexity index is 1150. The lowest BCUT2D eigenvalue weighted by atomic mass is 9.67. The van der Waals surface area contributed by atoms with Crippen LogP contribution in [0.15, 0.2) is 72.8 Å². The third kappa shape index (κ3) is 4.33. The third-order valence-electron chi connectivity index (χ3n) is 6.26. The van der Waals surface area contributed by atoms with Crippen molar-refractivity contribution in [1.29, 1.82) is 0 Å². The summed E-state index contributed by atoms with van der Waals surface area (Å²) in [5.41, 5.74) is -4.50. The van der Waals surface area contributed by atoms with Crippen LogP contribution in [-0.2, 0) is 4.79 Å². The number of rotatable bonds is 8. The normalized spacial score (nSPS) is 18.1. The van der Waals surface area contributed by atoms with Gasteiger partial charge in [-0.2, -0.15) is 0 Å². The minimum atomic E-state index is -2.98. The standard InChI is InChI=1S/C26H23ClF2O4/c1-25(29,24(30)31)26(32,18-10-11-18)23(16-7-12-19(27)13-8-16)17-9-14-21(28)22(15-17)33-20-5-3-2-4-6-20/h2-9,12-15,18,23,32H,10-11H2,1H3,(H,30,31). The number of halogens is 3. The SMILES string of the molecule is CC(F)(C(=O)O)C(O)(C1CC1)C(c1ccc(Cl)cc1)c1ccc(F)c(Oc2ccccc2)c1. The van der Waals surface area contributed by atoms with Crippen LogP contribution in [0.5, 0.6) is 11.5 Å². The lowest BCUT2D eigenvalue weighted by molar-refractivity contribution is -0.178. The molecule has 0 aromatic heterocycles. The van der Waals surface area contributed by atoms with Gasteiger partial charge in [0, 0.05) is 10.9 Å². The molecule has 3 unspecified atom stereocenters. The maximum atomic E-state index is 15.8. The molecule has 0 aliphatic heterocycles. The Balaban J connectivity index is 1.88. The number of hydrogen-bond donors (Lipinski definition) is 2. The Hall–Kier alpha value is -2.96. The average molecular weight is 473 g/mol. The number of para-hydroxylation sites is 1. The molecule has 0 bridgehead atoms. The second-order valence-corrected chi connectivity index (χ2v) is 8.93. The lowest BCUT2D eigenvalue weighted by Crippen LogP contribution is -2.59. The Kier molecular flexibility index (Phi) is 6.16. The maximum Gasteiger partial charge on any atom is 0.344 e. The molecule has 172 valence electrons. The number of alkyl halides is 1. The smallest absolute Gasteiger partial charge is 0.344 e. The fourth-order valence-corrected chi connectivity index (χ4v) is 4.46. The molecule has 7 heteroatoms. The highest BCUT2D eigenvalue weighted by Crippen LogP contribution is 2.56. The van der Waals surface area contributed by atoms with E-state index in [-0.39, 0.29) is 5.75 Å². The van der Waals surface area contributed by atoms with E-state index in [9.17, 15) is 19.4 Å². The van der Waals surface area contributed by atoms with E-state index in [0.717, 1.165) is 6.92 Å². The van der Waals surface area contributed by atoms with Crippen LogP contribution >= 0.6 is 11.6 Å². The van der Waals surface area contributed by atoms with Crippen LogP contribution in [0.25, 0.3) is 0 Å². The number of aliphatic carboxylic acids is 1. The number of carbonyl (C=O) groups is 1. The monoisotopic (exact) mass is 472 g/mol. The van der Waals surface area contributed by atoms with Crippen molar-refractivity contribution in [3.05, 3.63) is 94.8 Å². The minimum Gasteiger partial charge on any atom is -0.479 e. The summed E-state index contributed by atoms with van der Waals surface area (Å²) in [5, 5.41) is 21.9. The molecule has 1 saturated carbocycles. The predicted octanol–water partition coefficient (Wildman–Crippen LogP) is 6.36. The first-order valence-electron chi connectivity index (χ1n) is 10.6. The highest BCUT2D eigenvalue weighted by Gasteiger charge is 2.65. The molecular weight excluding hydrogens is 450 g/mol. The van der Waals surface area contributed by atoms with Gasteiger partial charge in [-0.15, -0.1) is 0 Å². The zero-order valence-electron chi connectivity index (χ0n) is 17.8. The molecule has 1 fully saturated rings. The average Bonchev–Trinajstić information content (AvgIpc) is 3.63. The van der Waals surface area contributed by atoms with Gasteiger partial charge in [-0.1, -0.05) is 48.0 Å².